The number of rotatable bonds is 4. The van der Waals surface area contributed by atoms with E-state index >= 15 is 0 Å². The number of anilines is 1. The smallest absolute Gasteiger partial charge is 0.341 e. The number of aromatic nitrogens is 2. The molecule has 118 valence electrons. The summed E-state index contributed by atoms with van der Waals surface area (Å²) in [7, 11) is 0. The Labute approximate surface area is 122 Å². The van der Waals surface area contributed by atoms with Gasteiger partial charge in [0.05, 0.1) is 5.92 Å². The molecule has 1 aliphatic rings. The van der Waals surface area contributed by atoms with Gasteiger partial charge in [-0.05, 0) is 26.3 Å². The third-order valence-corrected chi connectivity index (χ3v) is 3.87. The fraction of sp³-hybridized carbons (Fsp3) is 0.714. The summed E-state index contributed by atoms with van der Waals surface area (Å²) in [5.74, 6) is -0.656. The summed E-state index contributed by atoms with van der Waals surface area (Å²) < 4.78 is 37.9. The van der Waals surface area contributed by atoms with E-state index in [1.54, 1.807) is 6.20 Å². The third kappa shape index (κ3) is 4.06. The Morgan fingerprint density at radius 1 is 1.33 bits per heavy atom. The lowest BCUT2D eigenvalue weighted by Gasteiger charge is -2.33. The molecular formula is C14H21F3N4. The molecule has 1 aliphatic heterocycles. The highest BCUT2D eigenvalue weighted by molar-refractivity contribution is 5.33. The van der Waals surface area contributed by atoms with Gasteiger partial charge in [0.1, 0.15) is 0 Å². The van der Waals surface area contributed by atoms with Gasteiger partial charge in [-0.1, -0.05) is 6.92 Å². The zero-order valence-electron chi connectivity index (χ0n) is 12.4. The number of halogens is 3. The number of aryl methyl sites for hydroxylation is 1. The van der Waals surface area contributed by atoms with Crippen molar-refractivity contribution in [2.24, 2.45) is 5.92 Å². The summed E-state index contributed by atoms with van der Waals surface area (Å²) in [4.78, 5) is 10.6. The first-order chi connectivity index (χ1) is 9.91. The SMILES string of the molecule is CCNCc1cnc(N2CCC(C(F)(F)F)CC2)nc1C. The van der Waals surface area contributed by atoms with Gasteiger partial charge >= 0.3 is 6.18 Å². The molecule has 0 aliphatic carbocycles. The quantitative estimate of drug-likeness (QED) is 0.928. The lowest BCUT2D eigenvalue weighted by atomic mass is 9.96. The van der Waals surface area contributed by atoms with Crippen LogP contribution in [0.15, 0.2) is 6.20 Å². The summed E-state index contributed by atoms with van der Waals surface area (Å²) in [6.45, 7) is 6.22. The Morgan fingerprint density at radius 2 is 2.00 bits per heavy atom. The van der Waals surface area contributed by atoms with Crippen molar-refractivity contribution in [1.82, 2.24) is 15.3 Å². The first-order valence-electron chi connectivity index (χ1n) is 7.26. The zero-order chi connectivity index (χ0) is 15.5. The van der Waals surface area contributed by atoms with Gasteiger partial charge in [0.2, 0.25) is 5.95 Å². The van der Waals surface area contributed by atoms with Gasteiger partial charge in [0, 0.05) is 37.1 Å². The van der Waals surface area contributed by atoms with Crippen molar-refractivity contribution < 1.29 is 13.2 Å². The molecule has 7 heteroatoms. The van der Waals surface area contributed by atoms with Crippen LogP contribution < -0.4 is 10.2 Å². The van der Waals surface area contributed by atoms with Crippen molar-refractivity contribution in [3.8, 4) is 0 Å². The predicted octanol–water partition coefficient (Wildman–Crippen LogP) is 2.67. The summed E-state index contributed by atoms with van der Waals surface area (Å²) in [5.41, 5.74) is 1.89. The zero-order valence-corrected chi connectivity index (χ0v) is 12.4. The highest BCUT2D eigenvalue weighted by atomic mass is 19.4. The topological polar surface area (TPSA) is 41.1 Å². The molecule has 2 rings (SSSR count). The molecule has 0 radical (unpaired) electrons. The van der Waals surface area contributed by atoms with E-state index in [0.717, 1.165) is 17.8 Å². The van der Waals surface area contributed by atoms with E-state index in [-0.39, 0.29) is 12.8 Å². The molecule has 0 aromatic carbocycles. The van der Waals surface area contributed by atoms with Crippen molar-refractivity contribution in [3.63, 3.8) is 0 Å². The van der Waals surface area contributed by atoms with E-state index in [4.69, 9.17) is 0 Å². The second-order valence-corrected chi connectivity index (χ2v) is 5.36. The molecule has 0 atom stereocenters. The number of piperidine rings is 1. The van der Waals surface area contributed by atoms with Gasteiger partial charge in [-0.25, -0.2) is 9.97 Å². The van der Waals surface area contributed by atoms with Crippen molar-refractivity contribution in [2.45, 2.75) is 39.4 Å². The normalized spacial score (nSPS) is 17.3. The first-order valence-corrected chi connectivity index (χ1v) is 7.26. The molecule has 1 fully saturated rings. The Bertz CT molecular complexity index is 468. The fourth-order valence-corrected chi connectivity index (χ4v) is 2.47. The van der Waals surface area contributed by atoms with E-state index in [0.29, 0.717) is 25.6 Å². The monoisotopic (exact) mass is 302 g/mol. The Morgan fingerprint density at radius 3 is 2.52 bits per heavy atom. The van der Waals surface area contributed by atoms with Crippen LogP contribution in [0.3, 0.4) is 0 Å². The third-order valence-electron chi connectivity index (χ3n) is 3.87. The maximum absolute atomic E-state index is 12.6. The highest BCUT2D eigenvalue weighted by Gasteiger charge is 2.41. The molecule has 2 heterocycles. The average molecular weight is 302 g/mol. The molecule has 0 spiro atoms. The van der Waals surface area contributed by atoms with Gasteiger partial charge in [-0.2, -0.15) is 13.2 Å². The second kappa shape index (κ2) is 6.60. The molecular weight excluding hydrogens is 281 g/mol. The van der Waals surface area contributed by atoms with Crippen molar-refractivity contribution in [3.05, 3.63) is 17.5 Å². The lowest BCUT2D eigenvalue weighted by molar-refractivity contribution is -0.179. The summed E-state index contributed by atoms with van der Waals surface area (Å²) in [5, 5.41) is 3.21. The van der Waals surface area contributed by atoms with E-state index in [1.165, 1.54) is 0 Å². The van der Waals surface area contributed by atoms with E-state index in [2.05, 4.69) is 15.3 Å². The van der Waals surface area contributed by atoms with Gasteiger partial charge in [-0.3, -0.25) is 0 Å². The number of hydrogen-bond acceptors (Lipinski definition) is 4. The fourth-order valence-electron chi connectivity index (χ4n) is 2.47. The van der Waals surface area contributed by atoms with Gasteiger partial charge in [0.15, 0.2) is 0 Å². The minimum absolute atomic E-state index is 0.116. The van der Waals surface area contributed by atoms with E-state index in [9.17, 15) is 13.2 Å². The summed E-state index contributed by atoms with van der Waals surface area (Å²) >= 11 is 0. The largest absolute Gasteiger partial charge is 0.391 e. The Hall–Kier alpha value is -1.37. The van der Waals surface area contributed by atoms with Crippen LogP contribution in [-0.4, -0.2) is 35.8 Å². The molecule has 1 saturated heterocycles. The number of nitrogens with zero attached hydrogens (tertiary/aromatic N) is 3. The van der Waals surface area contributed by atoms with Crippen LogP contribution in [0, 0.1) is 12.8 Å². The minimum atomic E-state index is -4.08. The van der Waals surface area contributed by atoms with E-state index < -0.39 is 12.1 Å². The summed E-state index contributed by atoms with van der Waals surface area (Å²) in [6.07, 6.45) is -2.09. The van der Waals surface area contributed by atoms with Crippen LogP contribution in [0.1, 0.15) is 31.0 Å². The van der Waals surface area contributed by atoms with Gasteiger partial charge < -0.3 is 10.2 Å². The van der Waals surface area contributed by atoms with Crippen LogP contribution in [0.5, 0.6) is 0 Å². The Kier molecular flexibility index (Phi) is 5.03. The minimum Gasteiger partial charge on any atom is -0.341 e. The van der Waals surface area contributed by atoms with Crippen LogP contribution in [-0.2, 0) is 6.54 Å². The van der Waals surface area contributed by atoms with Gasteiger partial charge in [0.25, 0.3) is 0 Å². The van der Waals surface area contributed by atoms with Crippen LogP contribution in [0.2, 0.25) is 0 Å². The van der Waals surface area contributed by atoms with Crippen LogP contribution in [0.4, 0.5) is 19.1 Å². The number of alkyl halides is 3. The molecule has 1 aromatic heterocycles. The maximum atomic E-state index is 12.6. The first kappa shape index (κ1) is 16.0. The molecule has 0 amide bonds. The molecule has 1 N–H and O–H groups in total. The molecule has 1 aromatic rings. The molecule has 0 unspecified atom stereocenters. The molecule has 4 nitrogen and oxygen atoms in total. The van der Waals surface area contributed by atoms with Crippen molar-refractivity contribution >= 4 is 5.95 Å². The number of hydrogen-bond donors (Lipinski definition) is 1. The van der Waals surface area contributed by atoms with Crippen LogP contribution in [0.25, 0.3) is 0 Å². The summed E-state index contributed by atoms with van der Waals surface area (Å²) in [6, 6.07) is 0. The highest BCUT2D eigenvalue weighted by Crippen LogP contribution is 2.34. The molecule has 0 bridgehead atoms. The average Bonchev–Trinajstić information content (AvgIpc) is 2.45. The van der Waals surface area contributed by atoms with Crippen molar-refractivity contribution in [2.75, 3.05) is 24.5 Å². The molecule has 0 saturated carbocycles. The lowest BCUT2D eigenvalue weighted by Crippen LogP contribution is -2.39. The second-order valence-electron chi connectivity index (χ2n) is 5.36. The maximum Gasteiger partial charge on any atom is 0.391 e. The van der Waals surface area contributed by atoms with E-state index in [1.807, 2.05) is 18.7 Å². The van der Waals surface area contributed by atoms with Crippen LogP contribution >= 0.6 is 0 Å². The number of nitrogens with one attached hydrogen (secondary N) is 1. The Balaban J connectivity index is 1.99. The molecule has 21 heavy (non-hydrogen) atoms. The van der Waals surface area contributed by atoms with Crippen molar-refractivity contribution in [1.29, 1.82) is 0 Å². The standard InChI is InChI=1S/C14H21F3N4/c1-3-18-8-11-9-19-13(20-10(11)2)21-6-4-12(5-7-21)14(15,16)17/h9,12,18H,3-8H2,1-2H3. The predicted molar refractivity (Wildman–Crippen MR) is 75.1 cm³/mol. The van der Waals surface area contributed by atoms with Gasteiger partial charge in [-0.15, -0.1) is 0 Å².